The highest BCUT2D eigenvalue weighted by molar-refractivity contribution is 5.38. The average molecular weight is 281 g/mol. The summed E-state index contributed by atoms with van der Waals surface area (Å²) in [5.41, 5.74) is 1.92. The van der Waals surface area contributed by atoms with E-state index in [1.54, 1.807) is 7.11 Å². The zero-order valence-corrected chi connectivity index (χ0v) is 12.9. The molecule has 1 rings (SSSR count). The number of aliphatic hydroxyl groups excluding tert-OH is 2. The summed E-state index contributed by atoms with van der Waals surface area (Å²) in [7, 11) is 1.61. The van der Waals surface area contributed by atoms with Gasteiger partial charge in [-0.15, -0.1) is 0 Å². The molecule has 1 atom stereocenters. The summed E-state index contributed by atoms with van der Waals surface area (Å²) in [5.74, 6) is 0.708. The zero-order valence-electron chi connectivity index (χ0n) is 12.9. The van der Waals surface area contributed by atoms with Crippen LogP contribution in [-0.4, -0.2) is 37.0 Å². The van der Waals surface area contributed by atoms with Crippen molar-refractivity contribution in [2.45, 2.75) is 33.3 Å². The lowest BCUT2D eigenvalue weighted by Gasteiger charge is -2.25. The molecule has 0 radical (unpaired) electrons. The fraction of sp³-hybridized carbons (Fsp3) is 0.625. The quantitative estimate of drug-likeness (QED) is 0.682. The van der Waals surface area contributed by atoms with E-state index in [2.05, 4.69) is 19.2 Å². The van der Waals surface area contributed by atoms with Crippen LogP contribution in [0.5, 0.6) is 5.75 Å². The number of aryl methyl sites for hydroxylation is 1. The molecule has 20 heavy (non-hydrogen) atoms. The predicted molar refractivity (Wildman–Crippen MR) is 81.0 cm³/mol. The fourth-order valence-electron chi connectivity index (χ4n) is 2.16. The summed E-state index contributed by atoms with van der Waals surface area (Å²) < 4.78 is 5.29. The van der Waals surface area contributed by atoms with Crippen molar-refractivity contribution in [3.05, 3.63) is 29.3 Å². The van der Waals surface area contributed by atoms with E-state index in [4.69, 9.17) is 9.84 Å². The van der Waals surface area contributed by atoms with Gasteiger partial charge in [0.1, 0.15) is 5.75 Å². The van der Waals surface area contributed by atoms with Crippen molar-refractivity contribution in [1.29, 1.82) is 0 Å². The molecule has 1 unspecified atom stereocenters. The molecule has 114 valence electrons. The molecule has 0 spiro atoms. The molecule has 4 nitrogen and oxygen atoms in total. The molecule has 0 fully saturated rings. The smallest absolute Gasteiger partial charge is 0.124 e. The third-order valence-corrected chi connectivity index (χ3v) is 3.47. The van der Waals surface area contributed by atoms with Gasteiger partial charge in [-0.1, -0.05) is 25.5 Å². The van der Waals surface area contributed by atoms with E-state index in [9.17, 15) is 5.11 Å². The first-order valence-corrected chi connectivity index (χ1v) is 7.04. The van der Waals surface area contributed by atoms with Crippen molar-refractivity contribution in [2.75, 3.05) is 26.8 Å². The van der Waals surface area contributed by atoms with Gasteiger partial charge >= 0.3 is 0 Å². The lowest BCUT2D eigenvalue weighted by molar-refractivity contribution is 0.157. The number of hydrogen-bond donors (Lipinski definition) is 3. The summed E-state index contributed by atoms with van der Waals surface area (Å²) in [5, 5.41) is 22.5. The first kappa shape index (κ1) is 17.0. The van der Waals surface area contributed by atoms with Crippen molar-refractivity contribution in [1.82, 2.24) is 5.32 Å². The standard InChI is InChI=1S/C16H27NO3/c1-12-5-6-15(20-4)13(9-12)14(19)10-17-11-16(2,3)7-8-18/h5-6,9,14,17-19H,7-8,10-11H2,1-4H3. The minimum absolute atomic E-state index is 0.0190. The Morgan fingerprint density at radius 1 is 1.35 bits per heavy atom. The lowest BCUT2D eigenvalue weighted by atomic mass is 9.89. The molecule has 0 bridgehead atoms. The summed E-state index contributed by atoms with van der Waals surface area (Å²) in [4.78, 5) is 0. The Morgan fingerprint density at radius 2 is 2.05 bits per heavy atom. The summed E-state index contributed by atoms with van der Waals surface area (Å²) >= 11 is 0. The highest BCUT2D eigenvalue weighted by atomic mass is 16.5. The third kappa shape index (κ3) is 5.12. The molecule has 0 aliphatic heterocycles. The maximum atomic E-state index is 10.3. The minimum atomic E-state index is -0.602. The number of nitrogens with one attached hydrogen (secondary N) is 1. The Kier molecular flexibility index (Phi) is 6.46. The van der Waals surface area contributed by atoms with E-state index in [0.29, 0.717) is 12.3 Å². The van der Waals surface area contributed by atoms with Gasteiger partial charge in [-0.05, 0) is 30.9 Å². The Hall–Kier alpha value is -1.10. The molecule has 0 aromatic heterocycles. The van der Waals surface area contributed by atoms with Crippen LogP contribution in [0, 0.1) is 12.3 Å². The van der Waals surface area contributed by atoms with E-state index >= 15 is 0 Å². The van der Waals surface area contributed by atoms with Crippen molar-refractivity contribution < 1.29 is 14.9 Å². The maximum absolute atomic E-state index is 10.3. The van der Waals surface area contributed by atoms with Crippen LogP contribution in [0.1, 0.15) is 37.5 Å². The second-order valence-corrected chi connectivity index (χ2v) is 6.03. The van der Waals surface area contributed by atoms with Gasteiger partial charge < -0.3 is 20.3 Å². The summed E-state index contributed by atoms with van der Waals surface area (Å²) in [6.45, 7) is 7.58. The van der Waals surface area contributed by atoms with Gasteiger partial charge in [0, 0.05) is 25.3 Å². The van der Waals surface area contributed by atoms with Crippen molar-refractivity contribution in [3.63, 3.8) is 0 Å². The molecule has 0 saturated carbocycles. The number of methoxy groups -OCH3 is 1. The van der Waals surface area contributed by atoms with Crippen LogP contribution in [0.15, 0.2) is 18.2 Å². The molecule has 1 aromatic rings. The molecular weight excluding hydrogens is 254 g/mol. The number of hydrogen-bond acceptors (Lipinski definition) is 4. The van der Waals surface area contributed by atoms with Gasteiger partial charge in [-0.2, -0.15) is 0 Å². The van der Waals surface area contributed by atoms with Gasteiger partial charge in [-0.25, -0.2) is 0 Å². The molecule has 0 aliphatic carbocycles. The fourth-order valence-corrected chi connectivity index (χ4v) is 2.16. The lowest BCUT2D eigenvalue weighted by Crippen LogP contribution is -2.33. The van der Waals surface area contributed by atoms with Gasteiger partial charge in [0.05, 0.1) is 13.2 Å². The van der Waals surface area contributed by atoms with Gasteiger partial charge in [-0.3, -0.25) is 0 Å². The minimum Gasteiger partial charge on any atom is -0.496 e. The summed E-state index contributed by atoms with van der Waals surface area (Å²) in [6.07, 6.45) is 0.138. The molecule has 1 aromatic carbocycles. The number of ether oxygens (including phenoxy) is 1. The van der Waals surface area contributed by atoms with Crippen molar-refractivity contribution in [2.24, 2.45) is 5.41 Å². The van der Waals surface area contributed by atoms with E-state index in [-0.39, 0.29) is 12.0 Å². The zero-order chi connectivity index (χ0) is 15.2. The van der Waals surface area contributed by atoms with Crippen molar-refractivity contribution in [3.8, 4) is 5.75 Å². The van der Waals surface area contributed by atoms with Gasteiger partial charge in [0.2, 0.25) is 0 Å². The van der Waals surface area contributed by atoms with E-state index < -0.39 is 6.10 Å². The van der Waals surface area contributed by atoms with Crippen LogP contribution < -0.4 is 10.1 Å². The molecule has 3 N–H and O–H groups in total. The van der Waals surface area contributed by atoms with Gasteiger partial charge in [0.15, 0.2) is 0 Å². The van der Waals surface area contributed by atoms with Crippen LogP contribution in [-0.2, 0) is 0 Å². The van der Waals surface area contributed by atoms with Crippen LogP contribution in [0.2, 0.25) is 0 Å². The second kappa shape index (κ2) is 7.62. The predicted octanol–water partition coefficient (Wildman–Crippen LogP) is 2.04. The molecule has 0 saturated heterocycles. The average Bonchev–Trinajstić information content (AvgIpc) is 2.38. The highest BCUT2D eigenvalue weighted by Crippen LogP contribution is 2.26. The van der Waals surface area contributed by atoms with Gasteiger partial charge in [0.25, 0.3) is 0 Å². The van der Waals surface area contributed by atoms with Crippen LogP contribution in [0.4, 0.5) is 0 Å². The number of rotatable bonds is 8. The first-order chi connectivity index (χ1) is 9.39. The normalized spacial score (nSPS) is 13.3. The highest BCUT2D eigenvalue weighted by Gasteiger charge is 2.18. The van der Waals surface area contributed by atoms with Crippen molar-refractivity contribution >= 4 is 0 Å². The Balaban J connectivity index is 2.59. The largest absolute Gasteiger partial charge is 0.496 e. The molecule has 0 amide bonds. The number of aliphatic hydroxyl groups is 2. The van der Waals surface area contributed by atoms with Crippen LogP contribution >= 0.6 is 0 Å². The molecule has 4 heteroatoms. The molecule has 0 heterocycles. The Morgan fingerprint density at radius 3 is 2.65 bits per heavy atom. The Labute approximate surface area is 121 Å². The molecular formula is C16H27NO3. The number of benzene rings is 1. The summed E-state index contributed by atoms with van der Waals surface area (Å²) in [6, 6.07) is 5.79. The van der Waals surface area contributed by atoms with Crippen LogP contribution in [0.3, 0.4) is 0 Å². The maximum Gasteiger partial charge on any atom is 0.124 e. The second-order valence-electron chi connectivity index (χ2n) is 6.03. The third-order valence-electron chi connectivity index (χ3n) is 3.47. The van der Waals surface area contributed by atoms with Crippen LogP contribution in [0.25, 0.3) is 0 Å². The topological polar surface area (TPSA) is 61.7 Å². The van der Waals surface area contributed by atoms with E-state index in [1.807, 2.05) is 25.1 Å². The first-order valence-electron chi connectivity index (χ1n) is 7.04. The monoisotopic (exact) mass is 281 g/mol. The molecule has 0 aliphatic rings. The SMILES string of the molecule is COc1ccc(C)cc1C(O)CNCC(C)(C)CCO. The van der Waals surface area contributed by atoms with E-state index in [0.717, 1.165) is 24.1 Å². The van der Waals surface area contributed by atoms with E-state index in [1.165, 1.54) is 0 Å². The Bertz CT molecular complexity index is 418.